The van der Waals surface area contributed by atoms with Crippen molar-refractivity contribution in [2.75, 3.05) is 5.32 Å². The van der Waals surface area contributed by atoms with Gasteiger partial charge in [-0.1, -0.05) is 6.07 Å². The van der Waals surface area contributed by atoms with E-state index in [0.717, 1.165) is 24.3 Å². The van der Waals surface area contributed by atoms with Crippen molar-refractivity contribution < 1.29 is 22.0 Å². The van der Waals surface area contributed by atoms with Crippen molar-refractivity contribution in [2.24, 2.45) is 0 Å². The van der Waals surface area contributed by atoms with Gasteiger partial charge in [0.1, 0.15) is 17.5 Å². The third-order valence-electron chi connectivity index (χ3n) is 2.46. The predicted molar refractivity (Wildman–Crippen MR) is 60.7 cm³/mol. The summed E-state index contributed by atoms with van der Waals surface area (Å²) >= 11 is 0. The second-order valence-electron chi connectivity index (χ2n) is 3.86. The largest absolute Gasteiger partial charge is 0.435 e. The summed E-state index contributed by atoms with van der Waals surface area (Å²) in [6.07, 6.45) is -4.58. The Morgan fingerprint density at radius 3 is 2.10 bits per heavy atom. The molecular formula is C12H8F5N3. The van der Waals surface area contributed by atoms with Crippen LogP contribution in [0.2, 0.25) is 0 Å². The first-order chi connectivity index (χ1) is 9.38. The van der Waals surface area contributed by atoms with E-state index in [0.29, 0.717) is 0 Å². The van der Waals surface area contributed by atoms with Gasteiger partial charge in [0, 0.05) is 12.1 Å². The minimum absolute atomic E-state index is 0.0133. The van der Waals surface area contributed by atoms with Gasteiger partial charge < -0.3 is 5.32 Å². The molecule has 0 atom stereocenters. The normalized spacial score (nSPS) is 11.4. The highest BCUT2D eigenvalue weighted by atomic mass is 19.4. The van der Waals surface area contributed by atoms with Crippen LogP contribution >= 0.6 is 0 Å². The molecule has 1 heterocycles. The van der Waals surface area contributed by atoms with E-state index in [1.165, 1.54) is 6.07 Å². The fraction of sp³-hybridized carbons (Fsp3) is 0.167. The highest BCUT2D eigenvalue weighted by Gasteiger charge is 2.32. The molecule has 106 valence electrons. The molecule has 0 saturated carbocycles. The van der Waals surface area contributed by atoms with E-state index in [1.54, 1.807) is 0 Å². The molecule has 0 aliphatic heterocycles. The average Bonchev–Trinajstić information content (AvgIpc) is 2.37. The summed E-state index contributed by atoms with van der Waals surface area (Å²) in [6.45, 7) is -0.251. The number of aromatic nitrogens is 2. The van der Waals surface area contributed by atoms with Crippen LogP contribution in [0.1, 0.15) is 11.3 Å². The van der Waals surface area contributed by atoms with E-state index in [-0.39, 0.29) is 17.9 Å². The lowest BCUT2D eigenvalue weighted by atomic mass is 10.2. The van der Waals surface area contributed by atoms with Crippen LogP contribution < -0.4 is 5.32 Å². The molecule has 0 saturated heterocycles. The third kappa shape index (κ3) is 3.19. The molecule has 0 amide bonds. The van der Waals surface area contributed by atoms with Crippen LogP contribution in [0.25, 0.3) is 0 Å². The van der Waals surface area contributed by atoms with Crippen molar-refractivity contribution in [3.05, 3.63) is 53.2 Å². The van der Waals surface area contributed by atoms with E-state index < -0.39 is 23.5 Å². The zero-order valence-electron chi connectivity index (χ0n) is 9.88. The van der Waals surface area contributed by atoms with E-state index in [1.807, 2.05) is 0 Å². The molecule has 0 spiro atoms. The Morgan fingerprint density at radius 2 is 1.60 bits per heavy atom. The van der Waals surface area contributed by atoms with Crippen molar-refractivity contribution in [3.63, 3.8) is 0 Å². The van der Waals surface area contributed by atoms with Crippen LogP contribution in [0.3, 0.4) is 0 Å². The van der Waals surface area contributed by atoms with Crippen molar-refractivity contribution in [1.29, 1.82) is 0 Å². The van der Waals surface area contributed by atoms with Crippen molar-refractivity contribution in [2.45, 2.75) is 12.7 Å². The Balaban J connectivity index is 2.08. The Labute approximate surface area is 110 Å². The molecule has 0 fully saturated rings. The van der Waals surface area contributed by atoms with Crippen LogP contribution in [0.5, 0.6) is 0 Å². The first kappa shape index (κ1) is 14.2. The van der Waals surface area contributed by atoms with E-state index >= 15 is 0 Å². The fourth-order valence-electron chi connectivity index (χ4n) is 1.46. The van der Waals surface area contributed by atoms with Crippen LogP contribution in [-0.4, -0.2) is 10.2 Å². The predicted octanol–water partition coefficient (Wildman–Crippen LogP) is 3.39. The van der Waals surface area contributed by atoms with Gasteiger partial charge in [-0.3, -0.25) is 0 Å². The molecular weight excluding hydrogens is 281 g/mol. The lowest BCUT2D eigenvalue weighted by Crippen LogP contribution is -2.11. The topological polar surface area (TPSA) is 37.8 Å². The third-order valence-corrected chi connectivity index (χ3v) is 2.46. The maximum atomic E-state index is 13.3. The molecule has 0 aliphatic carbocycles. The van der Waals surface area contributed by atoms with Gasteiger partial charge in [-0.05, 0) is 24.3 Å². The summed E-state index contributed by atoms with van der Waals surface area (Å²) in [5.41, 5.74) is -1.37. The second kappa shape index (κ2) is 5.40. The van der Waals surface area contributed by atoms with Gasteiger partial charge in [0.05, 0.1) is 0 Å². The lowest BCUT2D eigenvalue weighted by molar-refractivity contribution is -0.141. The molecule has 1 aromatic carbocycles. The van der Waals surface area contributed by atoms with Crippen molar-refractivity contribution in [1.82, 2.24) is 10.2 Å². The number of hydrogen-bond donors (Lipinski definition) is 1. The summed E-state index contributed by atoms with van der Waals surface area (Å²) < 4.78 is 63.4. The number of nitrogens with zero attached hydrogens (tertiary/aromatic N) is 2. The average molecular weight is 289 g/mol. The van der Waals surface area contributed by atoms with Gasteiger partial charge in [-0.25, -0.2) is 8.78 Å². The van der Waals surface area contributed by atoms with E-state index in [9.17, 15) is 22.0 Å². The standard InChI is InChI=1S/C12H8F5N3/c13-8-2-1-3-9(14)7(8)6-18-11-5-4-10(19-20-11)12(15,16)17/h1-5H,6H2,(H,18,20). The molecule has 0 radical (unpaired) electrons. The molecule has 2 aromatic rings. The van der Waals surface area contributed by atoms with Gasteiger partial charge in [-0.15, -0.1) is 10.2 Å². The van der Waals surface area contributed by atoms with Crippen molar-refractivity contribution >= 4 is 5.82 Å². The first-order valence-corrected chi connectivity index (χ1v) is 5.45. The van der Waals surface area contributed by atoms with Crippen LogP contribution in [0, 0.1) is 11.6 Å². The molecule has 20 heavy (non-hydrogen) atoms. The summed E-state index contributed by atoms with van der Waals surface area (Å²) in [5, 5.41) is 8.78. The summed E-state index contributed by atoms with van der Waals surface area (Å²) in [6, 6.07) is 5.14. The highest BCUT2D eigenvalue weighted by Crippen LogP contribution is 2.27. The monoisotopic (exact) mass is 289 g/mol. The smallest absolute Gasteiger partial charge is 0.364 e. The zero-order valence-corrected chi connectivity index (χ0v) is 9.88. The highest BCUT2D eigenvalue weighted by molar-refractivity contribution is 5.35. The van der Waals surface area contributed by atoms with Gasteiger partial charge in [0.2, 0.25) is 0 Å². The Hall–Kier alpha value is -2.25. The summed E-state index contributed by atoms with van der Waals surface area (Å²) in [7, 11) is 0. The number of rotatable bonds is 3. The molecule has 0 bridgehead atoms. The summed E-state index contributed by atoms with van der Waals surface area (Å²) in [5.74, 6) is -1.52. The number of alkyl halides is 3. The summed E-state index contributed by atoms with van der Waals surface area (Å²) in [4.78, 5) is 0. The molecule has 3 nitrogen and oxygen atoms in total. The number of nitrogens with one attached hydrogen (secondary N) is 1. The molecule has 1 aromatic heterocycles. The minimum atomic E-state index is -4.58. The Morgan fingerprint density at radius 1 is 0.950 bits per heavy atom. The maximum absolute atomic E-state index is 13.3. The van der Waals surface area contributed by atoms with Gasteiger partial charge in [0.15, 0.2) is 5.69 Å². The minimum Gasteiger partial charge on any atom is -0.364 e. The van der Waals surface area contributed by atoms with E-state index in [4.69, 9.17) is 0 Å². The molecule has 2 rings (SSSR count). The fourth-order valence-corrected chi connectivity index (χ4v) is 1.46. The quantitative estimate of drug-likeness (QED) is 0.880. The number of hydrogen-bond acceptors (Lipinski definition) is 3. The number of anilines is 1. The second-order valence-corrected chi connectivity index (χ2v) is 3.86. The first-order valence-electron chi connectivity index (χ1n) is 5.45. The van der Waals surface area contributed by atoms with Crippen LogP contribution in [-0.2, 0) is 12.7 Å². The van der Waals surface area contributed by atoms with Crippen molar-refractivity contribution in [3.8, 4) is 0 Å². The van der Waals surface area contributed by atoms with Gasteiger partial charge in [-0.2, -0.15) is 13.2 Å². The Kier molecular flexibility index (Phi) is 3.82. The maximum Gasteiger partial charge on any atom is 0.435 e. The lowest BCUT2D eigenvalue weighted by Gasteiger charge is -2.08. The van der Waals surface area contributed by atoms with E-state index in [2.05, 4.69) is 15.5 Å². The number of benzene rings is 1. The molecule has 8 heteroatoms. The van der Waals surface area contributed by atoms with Gasteiger partial charge >= 0.3 is 6.18 Å². The zero-order chi connectivity index (χ0) is 14.8. The molecule has 0 unspecified atom stereocenters. The van der Waals surface area contributed by atoms with Crippen LogP contribution in [0.15, 0.2) is 30.3 Å². The van der Waals surface area contributed by atoms with Gasteiger partial charge in [0.25, 0.3) is 0 Å². The Bertz CT molecular complexity index is 575. The SMILES string of the molecule is Fc1cccc(F)c1CNc1ccc(C(F)(F)F)nn1. The molecule has 1 N–H and O–H groups in total. The number of halogens is 5. The van der Waals surface area contributed by atoms with Crippen LogP contribution in [0.4, 0.5) is 27.8 Å². The molecule has 0 aliphatic rings.